The van der Waals surface area contributed by atoms with Crippen molar-refractivity contribution in [3.8, 4) is 5.75 Å². The minimum Gasteiger partial charge on any atom is -0.507 e. The van der Waals surface area contributed by atoms with E-state index < -0.39 is 22.7 Å². The summed E-state index contributed by atoms with van der Waals surface area (Å²) in [5.41, 5.74) is 1.28. The maximum absolute atomic E-state index is 13.1. The number of pyridine rings is 1. The molecule has 1 fully saturated rings. The molecule has 1 saturated heterocycles. The summed E-state index contributed by atoms with van der Waals surface area (Å²) in [7, 11) is 0. The predicted molar refractivity (Wildman–Crippen MR) is 127 cm³/mol. The van der Waals surface area contributed by atoms with E-state index in [0.717, 1.165) is 5.56 Å². The summed E-state index contributed by atoms with van der Waals surface area (Å²) in [6.45, 7) is 3.99. The van der Waals surface area contributed by atoms with E-state index in [9.17, 15) is 24.8 Å². The largest absolute Gasteiger partial charge is 0.507 e. The lowest BCUT2D eigenvalue weighted by molar-refractivity contribution is -0.384. The van der Waals surface area contributed by atoms with Gasteiger partial charge in [-0.2, -0.15) is 0 Å². The van der Waals surface area contributed by atoms with Crippen LogP contribution in [0, 0.1) is 10.1 Å². The average molecular weight is 471 g/mol. The maximum atomic E-state index is 13.1. The number of carbonyl (C=O) groups is 2. The number of Topliss-reactive ketones (excluding diaryl/α,β-unsaturated/α-hetero) is 1. The van der Waals surface area contributed by atoms with Gasteiger partial charge in [0.1, 0.15) is 18.1 Å². The van der Waals surface area contributed by atoms with Crippen LogP contribution >= 0.6 is 0 Å². The summed E-state index contributed by atoms with van der Waals surface area (Å²) in [5, 5.41) is 22.2. The Bertz CT molecular complexity index is 1300. The van der Waals surface area contributed by atoms with Gasteiger partial charge in [-0.05, 0) is 59.7 Å². The van der Waals surface area contributed by atoms with Gasteiger partial charge in [-0.15, -0.1) is 0 Å². The van der Waals surface area contributed by atoms with Crippen molar-refractivity contribution >= 4 is 23.1 Å². The third-order valence-corrected chi connectivity index (χ3v) is 5.56. The van der Waals surface area contributed by atoms with Crippen molar-refractivity contribution in [2.45, 2.75) is 12.6 Å². The minimum absolute atomic E-state index is 0.0832. The number of amides is 1. The van der Waals surface area contributed by atoms with Gasteiger partial charge in [0.2, 0.25) is 0 Å². The number of aromatic nitrogens is 1. The first-order chi connectivity index (χ1) is 16.9. The molecule has 1 aliphatic heterocycles. The van der Waals surface area contributed by atoms with Gasteiger partial charge in [0, 0.05) is 36.6 Å². The number of nitrogens with zero attached hydrogens (tertiary/aromatic N) is 3. The van der Waals surface area contributed by atoms with Crippen molar-refractivity contribution in [2.75, 3.05) is 6.61 Å². The topological polar surface area (TPSA) is 123 Å². The molecule has 9 nitrogen and oxygen atoms in total. The fourth-order valence-electron chi connectivity index (χ4n) is 3.87. The van der Waals surface area contributed by atoms with E-state index in [-0.39, 0.29) is 23.6 Å². The average Bonchev–Trinajstić information content (AvgIpc) is 3.13. The van der Waals surface area contributed by atoms with E-state index in [1.54, 1.807) is 54.9 Å². The Balaban J connectivity index is 1.79. The molecule has 0 aliphatic carbocycles. The maximum Gasteiger partial charge on any atom is 0.295 e. The van der Waals surface area contributed by atoms with Crippen LogP contribution in [0.3, 0.4) is 0 Å². The van der Waals surface area contributed by atoms with Gasteiger partial charge in [0.05, 0.1) is 16.5 Å². The first-order valence-electron chi connectivity index (χ1n) is 10.7. The number of nitro groups is 1. The van der Waals surface area contributed by atoms with Crippen molar-refractivity contribution in [1.82, 2.24) is 9.88 Å². The van der Waals surface area contributed by atoms with E-state index in [1.165, 1.54) is 29.2 Å². The predicted octanol–water partition coefficient (Wildman–Crippen LogP) is 4.18. The molecule has 0 unspecified atom stereocenters. The zero-order valence-corrected chi connectivity index (χ0v) is 18.5. The van der Waals surface area contributed by atoms with Crippen LogP contribution in [0.25, 0.3) is 5.76 Å². The number of ketones is 1. The molecule has 1 N–H and O–H groups in total. The highest BCUT2D eigenvalue weighted by molar-refractivity contribution is 6.46. The SMILES string of the molecule is C=CCOc1ccc(C(O)=C2C(=O)C(=O)N(Cc3ccncc3)[C@H]2c2ccc([N+](=O)[O-])cc2)cc1. The minimum atomic E-state index is -0.944. The van der Waals surface area contributed by atoms with E-state index in [0.29, 0.717) is 23.5 Å². The quantitative estimate of drug-likeness (QED) is 0.131. The van der Waals surface area contributed by atoms with Gasteiger partial charge in [-0.25, -0.2) is 0 Å². The lowest BCUT2D eigenvalue weighted by Gasteiger charge is -2.25. The highest BCUT2D eigenvalue weighted by atomic mass is 16.6. The second kappa shape index (κ2) is 10.0. The number of benzene rings is 2. The highest BCUT2D eigenvalue weighted by Gasteiger charge is 2.46. The Morgan fingerprint density at radius 1 is 1.09 bits per heavy atom. The Labute approximate surface area is 200 Å². The lowest BCUT2D eigenvalue weighted by atomic mass is 9.95. The van der Waals surface area contributed by atoms with Crippen molar-refractivity contribution in [1.29, 1.82) is 0 Å². The van der Waals surface area contributed by atoms with E-state index in [4.69, 9.17) is 4.74 Å². The number of rotatable bonds is 8. The van der Waals surface area contributed by atoms with Crippen LogP contribution in [0.5, 0.6) is 5.75 Å². The third kappa shape index (κ3) is 4.79. The molecule has 0 radical (unpaired) electrons. The molecule has 3 aromatic rings. The van der Waals surface area contributed by atoms with E-state index in [2.05, 4.69) is 11.6 Å². The van der Waals surface area contributed by atoms with Crippen LogP contribution in [-0.4, -0.2) is 38.2 Å². The van der Waals surface area contributed by atoms with Crippen LogP contribution in [0.1, 0.15) is 22.7 Å². The number of hydrogen-bond donors (Lipinski definition) is 1. The zero-order valence-electron chi connectivity index (χ0n) is 18.5. The fraction of sp³-hybridized carbons (Fsp3) is 0.115. The van der Waals surface area contributed by atoms with Gasteiger partial charge in [-0.3, -0.25) is 24.7 Å². The number of aliphatic hydroxyl groups is 1. The van der Waals surface area contributed by atoms with Gasteiger partial charge >= 0.3 is 0 Å². The van der Waals surface area contributed by atoms with Crippen LogP contribution < -0.4 is 4.74 Å². The van der Waals surface area contributed by atoms with Crippen LogP contribution in [0.2, 0.25) is 0 Å². The standard InChI is InChI=1S/C26H21N3O6/c1-2-15-35-21-9-5-19(6-10-21)24(30)22-23(18-3-7-20(8-4-18)29(33)34)28(26(32)25(22)31)16-17-11-13-27-14-12-17/h2-14,23,30H,1,15-16H2/t23-/m0/s1. The molecule has 2 aromatic carbocycles. The molecule has 35 heavy (non-hydrogen) atoms. The van der Waals surface area contributed by atoms with Crippen LogP contribution in [0.15, 0.2) is 91.3 Å². The molecular weight excluding hydrogens is 450 g/mol. The molecule has 0 saturated carbocycles. The van der Waals surface area contributed by atoms with E-state index >= 15 is 0 Å². The molecule has 1 atom stereocenters. The zero-order chi connectivity index (χ0) is 24.9. The van der Waals surface area contributed by atoms with Gasteiger partial charge in [0.25, 0.3) is 17.4 Å². The monoisotopic (exact) mass is 471 g/mol. The first-order valence-corrected chi connectivity index (χ1v) is 10.7. The smallest absolute Gasteiger partial charge is 0.295 e. The highest BCUT2D eigenvalue weighted by Crippen LogP contribution is 2.40. The molecule has 1 aliphatic rings. The number of ether oxygens (including phenoxy) is 1. The number of aliphatic hydroxyl groups excluding tert-OH is 1. The van der Waals surface area contributed by atoms with Gasteiger partial charge < -0.3 is 14.7 Å². The summed E-state index contributed by atoms with van der Waals surface area (Å²) in [6.07, 6.45) is 4.74. The molecule has 9 heteroatoms. The number of carbonyl (C=O) groups excluding carboxylic acids is 2. The molecule has 0 spiro atoms. The Hall–Kier alpha value is -4.79. The lowest BCUT2D eigenvalue weighted by Crippen LogP contribution is -2.29. The number of nitro benzene ring substituents is 1. The molecule has 176 valence electrons. The number of likely N-dealkylation sites (tertiary alicyclic amines) is 1. The second-order valence-electron chi connectivity index (χ2n) is 7.76. The van der Waals surface area contributed by atoms with Crippen molar-refractivity contribution in [3.05, 3.63) is 118 Å². The molecule has 1 amide bonds. The Morgan fingerprint density at radius 3 is 2.34 bits per heavy atom. The molecule has 2 heterocycles. The van der Waals surface area contributed by atoms with Gasteiger partial charge in [-0.1, -0.05) is 12.7 Å². The van der Waals surface area contributed by atoms with Crippen molar-refractivity contribution < 1.29 is 24.4 Å². The molecule has 0 bridgehead atoms. The molecule has 1 aromatic heterocycles. The third-order valence-electron chi connectivity index (χ3n) is 5.56. The number of non-ortho nitro benzene ring substituents is 1. The fourth-order valence-corrected chi connectivity index (χ4v) is 3.87. The molecule has 4 rings (SSSR count). The summed E-state index contributed by atoms with van der Waals surface area (Å²) >= 11 is 0. The van der Waals surface area contributed by atoms with Crippen molar-refractivity contribution in [2.24, 2.45) is 0 Å². The van der Waals surface area contributed by atoms with Crippen LogP contribution in [0.4, 0.5) is 5.69 Å². The summed E-state index contributed by atoms with van der Waals surface area (Å²) < 4.78 is 5.45. The van der Waals surface area contributed by atoms with Gasteiger partial charge in [0.15, 0.2) is 0 Å². The first kappa shape index (κ1) is 23.4. The van der Waals surface area contributed by atoms with E-state index in [1.807, 2.05) is 0 Å². The van der Waals surface area contributed by atoms with Crippen molar-refractivity contribution in [3.63, 3.8) is 0 Å². The summed E-state index contributed by atoms with van der Waals surface area (Å²) in [5.74, 6) is -1.42. The number of hydrogen-bond acceptors (Lipinski definition) is 7. The van der Waals surface area contributed by atoms with Crippen LogP contribution in [-0.2, 0) is 16.1 Å². The second-order valence-corrected chi connectivity index (χ2v) is 7.76. The Morgan fingerprint density at radius 2 is 1.74 bits per heavy atom. The normalized spacial score (nSPS) is 16.8. The molecular formula is C26H21N3O6. The summed E-state index contributed by atoms with van der Waals surface area (Å²) in [4.78, 5) is 42.1. The Kier molecular flexibility index (Phi) is 6.68. The summed E-state index contributed by atoms with van der Waals surface area (Å²) in [6, 6.07) is 14.5.